The van der Waals surface area contributed by atoms with Crippen molar-refractivity contribution in [3.63, 3.8) is 0 Å². The van der Waals surface area contributed by atoms with Crippen molar-refractivity contribution in [3.05, 3.63) is 53.6 Å². The third-order valence-corrected chi connectivity index (χ3v) is 4.80. The molecule has 0 radical (unpaired) electrons. The van der Waals surface area contributed by atoms with Crippen molar-refractivity contribution in [2.24, 2.45) is 5.92 Å². The average Bonchev–Trinajstić information content (AvgIpc) is 2.67. The van der Waals surface area contributed by atoms with E-state index in [1.54, 1.807) is 14.2 Å². The van der Waals surface area contributed by atoms with Gasteiger partial charge in [-0.15, -0.1) is 0 Å². The molecule has 140 valence electrons. The predicted molar refractivity (Wildman–Crippen MR) is 106 cm³/mol. The topological polar surface area (TPSA) is 47.6 Å². The van der Waals surface area contributed by atoms with Crippen molar-refractivity contribution < 1.29 is 14.3 Å². The highest BCUT2D eigenvalue weighted by Gasteiger charge is 2.17. The van der Waals surface area contributed by atoms with Crippen molar-refractivity contribution in [2.45, 2.75) is 39.5 Å². The van der Waals surface area contributed by atoms with E-state index >= 15 is 0 Å². The van der Waals surface area contributed by atoms with Crippen LogP contribution in [0.5, 0.6) is 11.5 Å². The van der Waals surface area contributed by atoms with E-state index in [4.69, 9.17) is 9.47 Å². The summed E-state index contributed by atoms with van der Waals surface area (Å²) in [4.78, 5) is 12.7. The van der Waals surface area contributed by atoms with E-state index in [1.165, 1.54) is 5.56 Å². The number of methoxy groups -OCH3 is 2. The summed E-state index contributed by atoms with van der Waals surface area (Å²) in [6.45, 7) is 6.28. The van der Waals surface area contributed by atoms with Gasteiger partial charge in [0.05, 0.1) is 14.2 Å². The molecule has 4 nitrogen and oxygen atoms in total. The maximum absolute atomic E-state index is 12.7. The molecule has 2 atom stereocenters. The first-order valence-corrected chi connectivity index (χ1v) is 9.10. The molecule has 4 heteroatoms. The van der Waals surface area contributed by atoms with Crippen LogP contribution in [0.25, 0.3) is 0 Å². The van der Waals surface area contributed by atoms with Gasteiger partial charge >= 0.3 is 0 Å². The number of hydrogen-bond donors (Lipinski definition) is 1. The van der Waals surface area contributed by atoms with Gasteiger partial charge in [0.15, 0.2) is 11.5 Å². The summed E-state index contributed by atoms with van der Waals surface area (Å²) in [7, 11) is 3.23. The van der Waals surface area contributed by atoms with Crippen LogP contribution in [0.1, 0.15) is 44.2 Å². The van der Waals surface area contributed by atoms with Crippen LogP contribution in [0.4, 0.5) is 5.69 Å². The zero-order valence-electron chi connectivity index (χ0n) is 16.3. The third kappa shape index (κ3) is 4.78. The summed E-state index contributed by atoms with van der Waals surface area (Å²) < 4.78 is 10.6. The lowest BCUT2D eigenvalue weighted by molar-refractivity contribution is -0.119. The lowest BCUT2D eigenvalue weighted by atomic mass is 9.96. The van der Waals surface area contributed by atoms with E-state index in [0.717, 1.165) is 17.7 Å². The molecule has 2 rings (SSSR count). The first-order valence-electron chi connectivity index (χ1n) is 9.10. The van der Waals surface area contributed by atoms with Crippen LogP contribution < -0.4 is 14.8 Å². The molecule has 0 fully saturated rings. The molecule has 0 saturated heterocycles. The highest BCUT2D eigenvalue weighted by atomic mass is 16.5. The van der Waals surface area contributed by atoms with Crippen LogP contribution in [-0.4, -0.2) is 20.1 Å². The van der Waals surface area contributed by atoms with Gasteiger partial charge in [0.1, 0.15) is 0 Å². The monoisotopic (exact) mass is 355 g/mol. The first-order chi connectivity index (χ1) is 12.5. The fourth-order valence-electron chi connectivity index (χ4n) is 2.97. The summed E-state index contributed by atoms with van der Waals surface area (Å²) >= 11 is 0. The van der Waals surface area contributed by atoms with Gasteiger partial charge in [-0.05, 0) is 48.1 Å². The van der Waals surface area contributed by atoms with Gasteiger partial charge < -0.3 is 14.8 Å². The fraction of sp³-hybridized carbons (Fsp3) is 0.409. The highest BCUT2D eigenvalue weighted by molar-refractivity contribution is 5.93. The molecule has 0 aliphatic heterocycles. The summed E-state index contributed by atoms with van der Waals surface area (Å²) in [5.41, 5.74) is 3.13. The molecule has 2 aromatic rings. The molecule has 1 amide bonds. The van der Waals surface area contributed by atoms with Crippen molar-refractivity contribution in [3.8, 4) is 11.5 Å². The van der Waals surface area contributed by atoms with E-state index in [1.807, 2.05) is 43.3 Å². The maximum Gasteiger partial charge on any atom is 0.227 e. The SMILES string of the molecule is CCC(C)c1ccccc1NC(=O)C(C)Cc1ccc(OC)c(OC)c1. The number of para-hydroxylation sites is 1. The number of hydrogen-bond acceptors (Lipinski definition) is 3. The fourth-order valence-corrected chi connectivity index (χ4v) is 2.97. The Morgan fingerprint density at radius 2 is 1.73 bits per heavy atom. The van der Waals surface area contributed by atoms with Gasteiger partial charge in [-0.25, -0.2) is 0 Å². The first kappa shape index (κ1) is 19.8. The molecule has 26 heavy (non-hydrogen) atoms. The summed E-state index contributed by atoms with van der Waals surface area (Å²) in [5, 5.41) is 3.10. The summed E-state index contributed by atoms with van der Waals surface area (Å²) in [6.07, 6.45) is 1.67. The zero-order valence-corrected chi connectivity index (χ0v) is 16.3. The molecule has 0 saturated carbocycles. The Morgan fingerprint density at radius 1 is 1.04 bits per heavy atom. The Morgan fingerprint density at radius 3 is 2.38 bits per heavy atom. The van der Waals surface area contributed by atoms with Gasteiger partial charge in [0, 0.05) is 11.6 Å². The van der Waals surface area contributed by atoms with E-state index < -0.39 is 0 Å². The Hall–Kier alpha value is -2.49. The van der Waals surface area contributed by atoms with Gasteiger partial charge in [0.2, 0.25) is 5.91 Å². The van der Waals surface area contributed by atoms with E-state index in [0.29, 0.717) is 23.8 Å². The quantitative estimate of drug-likeness (QED) is 0.722. The molecule has 2 aromatic carbocycles. The van der Waals surface area contributed by atoms with Crippen molar-refractivity contribution in [2.75, 3.05) is 19.5 Å². The van der Waals surface area contributed by atoms with Gasteiger partial charge in [-0.3, -0.25) is 4.79 Å². The van der Waals surface area contributed by atoms with Crippen LogP contribution in [0.15, 0.2) is 42.5 Å². The number of benzene rings is 2. The lowest BCUT2D eigenvalue weighted by Crippen LogP contribution is -2.23. The molecule has 0 bridgehead atoms. The number of carbonyl (C=O) groups is 1. The second-order valence-corrected chi connectivity index (χ2v) is 6.68. The predicted octanol–water partition coefficient (Wildman–Crippen LogP) is 5.03. The van der Waals surface area contributed by atoms with Gasteiger partial charge in [0.25, 0.3) is 0 Å². The van der Waals surface area contributed by atoms with Crippen molar-refractivity contribution in [1.29, 1.82) is 0 Å². The summed E-state index contributed by atoms with van der Waals surface area (Å²) in [6, 6.07) is 13.8. The van der Waals surface area contributed by atoms with Crippen molar-refractivity contribution >= 4 is 11.6 Å². The molecule has 2 unspecified atom stereocenters. The molecule has 0 spiro atoms. The van der Waals surface area contributed by atoms with Crippen molar-refractivity contribution in [1.82, 2.24) is 0 Å². The van der Waals surface area contributed by atoms with E-state index in [2.05, 4.69) is 25.2 Å². The second-order valence-electron chi connectivity index (χ2n) is 6.68. The number of nitrogens with one attached hydrogen (secondary N) is 1. The van der Waals surface area contributed by atoms with Crippen LogP contribution in [0.2, 0.25) is 0 Å². The third-order valence-electron chi connectivity index (χ3n) is 4.80. The Bertz CT molecular complexity index is 742. The number of amides is 1. The molecule has 1 N–H and O–H groups in total. The van der Waals surface area contributed by atoms with Crippen LogP contribution in [0, 0.1) is 5.92 Å². The molecular weight excluding hydrogens is 326 g/mol. The van der Waals surface area contributed by atoms with Gasteiger partial charge in [-0.2, -0.15) is 0 Å². The largest absolute Gasteiger partial charge is 0.493 e. The number of rotatable bonds is 8. The molecule has 0 heterocycles. The number of carbonyl (C=O) groups excluding carboxylic acids is 1. The Balaban J connectivity index is 2.09. The van der Waals surface area contributed by atoms with Crippen LogP contribution in [-0.2, 0) is 11.2 Å². The van der Waals surface area contributed by atoms with Gasteiger partial charge in [-0.1, -0.05) is 45.0 Å². The second kappa shape index (κ2) is 9.27. The van der Waals surface area contributed by atoms with Crippen LogP contribution >= 0.6 is 0 Å². The molecule has 0 aromatic heterocycles. The minimum atomic E-state index is -0.155. The summed E-state index contributed by atoms with van der Waals surface area (Å²) in [5.74, 6) is 1.65. The lowest BCUT2D eigenvalue weighted by Gasteiger charge is -2.18. The smallest absolute Gasteiger partial charge is 0.227 e. The normalized spacial score (nSPS) is 13.0. The van der Waals surface area contributed by atoms with E-state index in [-0.39, 0.29) is 11.8 Å². The molecule has 0 aliphatic rings. The Labute approximate surface area is 156 Å². The molecular formula is C22H29NO3. The zero-order chi connectivity index (χ0) is 19.1. The minimum absolute atomic E-state index is 0.0236. The molecule has 0 aliphatic carbocycles. The number of anilines is 1. The number of ether oxygens (including phenoxy) is 2. The standard InChI is InChI=1S/C22H29NO3/c1-6-15(2)18-9-7-8-10-19(18)23-22(24)16(3)13-17-11-12-20(25-4)21(14-17)26-5/h7-12,14-16H,6,13H2,1-5H3,(H,23,24). The highest BCUT2D eigenvalue weighted by Crippen LogP contribution is 2.29. The maximum atomic E-state index is 12.7. The average molecular weight is 355 g/mol. The Kier molecular flexibility index (Phi) is 7.07. The minimum Gasteiger partial charge on any atom is -0.493 e. The van der Waals surface area contributed by atoms with E-state index in [9.17, 15) is 4.79 Å². The van der Waals surface area contributed by atoms with Crippen LogP contribution in [0.3, 0.4) is 0 Å².